The molecule has 0 bridgehead atoms. The number of benzene rings is 1. The minimum absolute atomic E-state index is 0. The zero-order valence-corrected chi connectivity index (χ0v) is 16.8. The monoisotopic (exact) mass is 379 g/mol. The van der Waals surface area contributed by atoms with Crippen LogP contribution in [0.1, 0.15) is 40.4 Å². The van der Waals surface area contributed by atoms with Crippen molar-refractivity contribution in [3.63, 3.8) is 0 Å². The third-order valence-corrected chi connectivity index (χ3v) is 6.16. The summed E-state index contributed by atoms with van der Waals surface area (Å²) in [6, 6.07) is 8.89. The van der Waals surface area contributed by atoms with Gasteiger partial charge in [0.05, 0.1) is 18.8 Å². The van der Waals surface area contributed by atoms with Crippen LogP contribution < -0.4 is 5.32 Å². The van der Waals surface area contributed by atoms with Gasteiger partial charge >= 0.3 is 0 Å². The summed E-state index contributed by atoms with van der Waals surface area (Å²) in [7, 11) is 0. The summed E-state index contributed by atoms with van der Waals surface area (Å²) in [5, 5.41) is 18.7. The van der Waals surface area contributed by atoms with Crippen molar-refractivity contribution >= 4 is 33.8 Å². The Balaban J connectivity index is 0.00000225. The number of thiophene rings is 1. The van der Waals surface area contributed by atoms with Crippen LogP contribution >= 0.6 is 23.7 Å². The molecule has 3 aromatic rings. The molecule has 4 nitrogen and oxygen atoms in total. The molecule has 0 amide bonds. The topological polar surface area (TPSA) is 50.1 Å². The van der Waals surface area contributed by atoms with Gasteiger partial charge in [0.25, 0.3) is 0 Å². The van der Waals surface area contributed by atoms with E-state index in [4.69, 9.17) is 5.11 Å². The number of fused-ring (bicyclic) bond motifs is 1. The molecule has 3 rings (SSSR count). The lowest BCUT2D eigenvalue weighted by Gasteiger charge is -2.14. The average Bonchev–Trinajstić information content (AvgIpc) is 3.04. The van der Waals surface area contributed by atoms with Gasteiger partial charge in [-0.25, -0.2) is 0 Å². The molecule has 6 heteroatoms. The van der Waals surface area contributed by atoms with Crippen molar-refractivity contribution in [1.82, 2.24) is 15.1 Å². The van der Waals surface area contributed by atoms with Gasteiger partial charge in [-0.2, -0.15) is 5.10 Å². The highest BCUT2D eigenvalue weighted by Gasteiger charge is 2.16. The highest BCUT2D eigenvalue weighted by molar-refractivity contribution is 7.19. The van der Waals surface area contributed by atoms with Gasteiger partial charge in [0.2, 0.25) is 0 Å². The molecule has 2 aromatic heterocycles. The molecule has 0 saturated heterocycles. The second-order valence-electron chi connectivity index (χ2n) is 6.29. The molecule has 0 radical (unpaired) electrons. The summed E-state index contributed by atoms with van der Waals surface area (Å²) in [4.78, 5) is 1.40. The molecule has 1 aromatic carbocycles. The van der Waals surface area contributed by atoms with E-state index in [-0.39, 0.29) is 19.0 Å². The van der Waals surface area contributed by atoms with Crippen molar-refractivity contribution in [2.75, 3.05) is 6.61 Å². The number of nitrogens with one attached hydrogen (secondary N) is 1. The maximum atomic E-state index is 9.14. The average molecular weight is 380 g/mol. The molecule has 2 heterocycles. The fourth-order valence-corrected chi connectivity index (χ4v) is 4.49. The Bertz CT molecular complexity index is 856. The molecule has 0 aliphatic carbocycles. The highest BCUT2D eigenvalue weighted by Crippen LogP contribution is 2.34. The zero-order chi connectivity index (χ0) is 17.3. The van der Waals surface area contributed by atoms with E-state index in [9.17, 15) is 0 Å². The lowest BCUT2D eigenvalue weighted by molar-refractivity contribution is 0.267. The van der Waals surface area contributed by atoms with Crippen LogP contribution in [0.25, 0.3) is 10.1 Å². The van der Waals surface area contributed by atoms with E-state index < -0.39 is 0 Å². The van der Waals surface area contributed by atoms with Crippen LogP contribution in [0.5, 0.6) is 0 Å². The molecule has 0 saturated carbocycles. The van der Waals surface area contributed by atoms with Gasteiger partial charge in [0, 0.05) is 33.4 Å². The fraction of sp³-hybridized carbons (Fsp3) is 0.421. The summed E-state index contributed by atoms with van der Waals surface area (Å²) < 4.78 is 3.24. The summed E-state index contributed by atoms with van der Waals surface area (Å²) in [6.45, 7) is 10.00. The molecule has 1 atom stereocenters. The lowest BCUT2D eigenvalue weighted by atomic mass is 10.1. The van der Waals surface area contributed by atoms with Crippen LogP contribution in [-0.4, -0.2) is 21.5 Å². The SMILES string of the molecule is Cc1nn(CCO)c(C)c1CNC(C)c1sc2ccccc2c1C.Cl. The number of rotatable bonds is 6. The maximum absolute atomic E-state index is 9.14. The van der Waals surface area contributed by atoms with Gasteiger partial charge in [0.1, 0.15) is 0 Å². The first-order valence-corrected chi connectivity index (χ1v) is 9.19. The smallest absolute Gasteiger partial charge is 0.0644 e. The van der Waals surface area contributed by atoms with Crippen molar-refractivity contribution in [3.05, 3.63) is 51.7 Å². The van der Waals surface area contributed by atoms with Gasteiger partial charge in [-0.3, -0.25) is 4.68 Å². The second kappa shape index (κ2) is 8.32. The Kier molecular flexibility index (Phi) is 6.63. The van der Waals surface area contributed by atoms with E-state index in [1.54, 1.807) is 0 Å². The molecule has 0 spiro atoms. The first-order valence-electron chi connectivity index (χ1n) is 8.38. The zero-order valence-electron chi connectivity index (χ0n) is 15.2. The number of aromatic nitrogens is 2. The van der Waals surface area contributed by atoms with Crippen molar-refractivity contribution in [1.29, 1.82) is 0 Å². The van der Waals surface area contributed by atoms with E-state index in [1.807, 2.05) is 22.9 Å². The summed E-state index contributed by atoms with van der Waals surface area (Å²) in [5.74, 6) is 0. The third-order valence-electron chi connectivity index (χ3n) is 4.70. The molecule has 0 fully saturated rings. The third kappa shape index (κ3) is 3.90. The molecule has 2 N–H and O–H groups in total. The van der Waals surface area contributed by atoms with Gasteiger partial charge in [-0.1, -0.05) is 18.2 Å². The number of aryl methyl sites for hydroxylation is 2. The first kappa shape index (κ1) is 19.9. The fourth-order valence-electron chi connectivity index (χ4n) is 3.26. The number of hydrogen-bond acceptors (Lipinski definition) is 4. The Morgan fingerprint density at radius 2 is 1.96 bits per heavy atom. The van der Waals surface area contributed by atoms with Gasteiger partial charge in [0.15, 0.2) is 0 Å². The van der Waals surface area contributed by atoms with Crippen LogP contribution in [0.15, 0.2) is 24.3 Å². The maximum Gasteiger partial charge on any atom is 0.0644 e. The standard InChI is InChI=1S/C19H25N3OS.ClH/c1-12-16-7-5-6-8-18(16)24-19(12)14(3)20-11-17-13(2)21-22(9-10-23)15(17)4;/h5-8,14,20,23H,9-11H2,1-4H3;1H. The van der Waals surface area contributed by atoms with Crippen LogP contribution in [0, 0.1) is 20.8 Å². The van der Waals surface area contributed by atoms with E-state index in [1.165, 1.54) is 26.1 Å². The largest absolute Gasteiger partial charge is 0.394 e. The van der Waals surface area contributed by atoms with Crippen molar-refractivity contribution in [2.45, 2.75) is 46.8 Å². The minimum atomic E-state index is 0. The first-order chi connectivity index (χ1) is 11.5. The van der Waals surface area contributed by atoms with E-state index in [0.29, 0.717) is 12.6 Å². The molecular formula is C19H26ClN3OS. The van der Waals surface area contributed by atoms with Crippen molar-refractivity contribution in [2.24, 2.45) is 0 Å². The second-order valence-corrected chi connectivity index (χ2v) is 7.37. The lowest BCUT2D eigenvalue weighted by Crippen LogP contribution is -2.18. The summed E-state index contributed by atoms with van der Waals surface area (Å²) in [5.41, 5.74) is 4.78. The van der Waals surface area contributed by atoms with E-state index in [0.717, 1.165) is 17.9 Å². The van der Waals surface area contributed by atoms with E-state index >= 15 is 0 Å². The highest BCUT2D eigenvalue weighted by atomic mass is 35.5. The Morgan fingerprint density at radius 3 is 2.64 bits per heavy atom. The molecule has 0 aliphatic heterocycles. The summed E-state index contributed by atoms with van der Waals surface area (Å²) >= 11 is 1.87. The quantitative estimate of drug-likeness (QED) is 0.671. The molecular weight excluding hydrogens is 354 g/mol. The molecule has 0 aliphatic rings. The van der Waals surface area contributed by atoms with Crippen molar-refractivity contribution in [3.8, 4) is 0 Å². The Morgan fingerprint density at radius 1 is 1.24 bits per heavy atom. The van der Waals surface area contributed by atoms with Gasteiger partial charge in [-0.15, -0.1) is 23.7 Å². The predicted molar refractivity (Wildman–Crippen MR) is 108 cm³/mol. The number of aliphatic hydroxyl groups is 1. The number of aliphatic hydroxyl groups excluding tert-OH is 1. The van der Waals surface area contributed by atoms with Crippen LogP contribution in [0.4, 0.5) is 0 Å². The Hall–Kier alpha value is -1.40. The normalized spacial score (nSPS) is 12.4. The number of hydrogen-bond donors (Lipinski definition) is 2. The van der Waals surface area contributed by atoms with Crippen molar-refractivity contribution < 1.29 is 5.11 Å². The van der Waals surface area contributed by atoms with Gasteiger partial charge in [-0.05, 0) is 44.7 Å². The van der Waals surface area contributed by atoms with Crippen LogP contribution in [0.2, 0.25) is 0 Å². The van der Waals surface area contributed by atoms with Crippen LogP contribution in [0.3, 0.4) is 0 Å². The summed E-state index contributed by atoms with van der Waals surface area (Å²) in [6.07, 6.45) is 0. The predicted octanol–water partition coefficient (Wildman–Crippen LogP) is 4.29. The van der Waals surface area contributed by atoms with Gasteiger partial charge < -0.3 is 10.4 Å². The molecule has 25 heavy (non-hydrogen) atoms. The molecule has 136 valence electrons. The number of halogens is 1. The Labute approximate surface area is 159 Å². The van der Waals surface area contributed by atoms with E-state index in [2.05, 4.69) is 55.5 Å². The molecule has 1 unspecified atom stereocenters. The van der Waals surface area contributed by atoms with Crippen LogP contribution in [-0.2, 0) is 13.1 Å². The minimum Gasteiger partial charge on any atom is -0.394 e. The number of nitrogens with zero attached hydrogens (tertiary/aromatic N) is 2.